The molecule has 0 unspecified atom stereocenters. The molecule has 1 atom stereocenters. The average molecular weight is 420 g/mol. The molecule has 2 aromatic carbocycles. The van der Waals surface area contributed by atoms with Crippen molar-refractivity contribution >= 4 is 27.9 Å². The summed E-state index contributed by atoms with van der Waals surface area (Å²) in [7, 11) is 0. The van der Waals surface area contributed by atoms with Crippen molar-refractivity contribution in [1.29, 1.82) is 0 Å². The molecule has 2 aromatic heterocycles. The zero-order valence-corrected chi connectivity index (χ0v) is 17.8. The van der Waals surface area contributed by atoms with E-state index in [0.29, 0.717) is 40.0 Å². The lowest BCUT2D eigenvalue weighted by molar-refractivity contribution is -0.150. The highest BCUT2D eigenvalue weighted by atomic mass is 16.6. The largest absolute Gasteiger partial charge is 0.479 e. The number of benzene rings is 2. The minimum Gasteiger partial charge on any atom is -0.479 e. The summed E-state index contributed by atoms with van der Waals surface area (Å²) >= 11 is 0. The molecule has 0 amide bonds. The second kappa shape index (κ2) is 8.68. The molecule has 0 N–H and O–H groups in total. The van der Waals surface area contributed by atoms with Gasteiger partial charge in [-0.1, -0.05) is 31.5 Å². The molecule has 160 valence electrons. The second-order valence-electron chi connectivity index (χ2n) is 7.35. The Labute approximate surface area is 179 Å². The maximum absolute atomic E-state index is 13.3. The van der Waals surface area contributed by atoms with Crippen LogP contribution in [0.4, 0.5) is 0 Å². The number of hydrogen-bond donors (Lipinski definition) is 0. The van der Waals surface area contributed by atoms with Gasteiger partial charge in [-0.15, -0.1) is 0 Å². The van der Waals surface area contributed by atoms with Crippen LogP contribution in [0.15, 0.2) is 62.4 Å². The van der Waals surface area contributed by atoms with E-state index in [0.717, 1.165) is 17.4 Å². The van der Waals surface area contributed by atoms with Crippen LogP contribution in [0.5, 0.6) is 5.75 Å². The number of hydrogen-bond acceptors (Lipinski definition) is 6. The number of ether oxygens (including phenoxy) is 2. The fourth-order valence-electron chi connectivity index (χ4n) is 3.56. The van der Waals surface area contributed by atoms with Crippen LogP contribution in [0, 0.1) is 0 Å². The lowest BCUT2D eigenvalue weighted by Gasteiger charge is -2.17. The number of aryl methyl sites for hydroxylation is 1. The molecule has 0 aliphatic carbocycles. The first-order chi connectivity index (χ1) is 15.0. The highest BCUT2D eigenvalue weighted by Crippen LogP contribution is 2.30. The van der Waals surface area contributed by atoms with Crippen molar-refractivity contribution < 1.29 is 23.1 Å². The van der Waals surface area contributed by atoms with Gasteiger partial charge in [0.2, 0.25) is 5.43 Å². The van der Waals surface area contributed by atoms with Crippen LogP contribution in [0.1, 0.15) is 32.8 Å². The molecule has 0 radical (unpaired) electrons. The van der Waals surface area contributed by atoms with Crippen molar-refractivity contribution in [2.75, 3.05) is 6.61 Å². The van der Waals surface area contributed by atoms with E-state index in [-0.39, 0.29) is 12.0 Å². The monoisotopic (exact) mass is 420 g/mol. The predicted octanol–water partition coefficient (Wildman–Crippen LogP) is 5.49. The van der Waals surface area contributed by atoms with Crippen LogP contribution < -0.4 is 10.2 Å². The summed E-state index contributed by atoms with van der Waals surface area (Å²) in [5, 5.41) is 1.36. The van der Waals surface area contributed by atoms with Gasteiger partial charge in [-0.05, 0) is 44.0 Å². The first-order valence-corrected chi connectivity index (χ1v) is 10.4. The summed E-state index contributed by atoms with van der Waals surface area (Å²) in [5.41, 5.74) is 2.11. The number of esters is 1. The lowest BCUT2D eigenvalue weighted by Crippen LogP contribution is -2.26. The molecule has 4 aromatic rings. The summed E-state index contributed by atoms with van der Waals surface area (Å²) in [6.07, 6.45) is 2.18. The van der Waals surface area contributed by atoms with Crippen molar-refractivity contribution in [3.05, 3.63) is 64.5 Å². The fourth-order valence-corrected chi connectivity index (χ4v) is 3.56. The zero-order valence-electron chi connectivity index (χ0n) is 17.8. The number of rotatable bonds is 7. The molecule has 6 nitrogen and oxygen atoms in total. The van der Waals surface area contributed by atoms with Crippen LogP contribution in [0.2, 0.25) is 0 Å². The van der Waals surface area contributed by atoms with E-state index >= 15 is 0 Å². The van der Waals surface area contributed by atoms with E-state index < -0.39 is 12.1 Å². The van der Waals surface area contributed by atoms with Gasteiger partial charge in [-0.2, -0.15) is 0 Å². The van der Waals surface area contributed by atoms with Gasteiger partial charge in [0.25, 0.3) is 0 Å². The Morgan fingerprint density at radius 1 is 1.10 bits per heavy atom. The van der Waals surface area contributed by atoms with Gasteiger partial charge in [-0.3, -0.25) is 4.79 Å². The predicted molar refractivity (Wildman–Crippen MR) is 118 cm³/mol. The van der Waals surface area contributed by atoms with Gasteiger partial charge in [-0.25, -0.2) is 4.79 Å². The van der Waals surface area contributed by atoms with Gasteiger partial charge >= 0.3 is 5.97 Å². The third-order valence-electron chi connectivity index (χ3n) is 5.09. The van der Waals surface area contributed by atoms with Gasteiger partial charge in [0.15, 0.2) is 6.10 Å². The number of carbonyl (C=O) groups is 1. The quantitative estimate of drug-likeness (QED) is 0.368. The van der Waals surface area contributed by atoms with Crippen LogP contribution in [-0.4, -0.2) is 18.7 Å². The lowest BCUT2D eigenvalue weighted by atomic mass is 10.0. The highest BCUT2D eigenvalue weighted by Gasteiger charge is 2.20. The Morgan fingerprint density at radius 3 is 2.65 bits per heavy atom. The Kier molecular flexibility index (Phi) is 5.80. The molecular formula is C25H24O6. The molecule has 0 saturated heterocycles. The minimum absolute atomic E-state index is 0.178. The number of carbonyl (C=O) groups excluding carboxylic acids is 1. The number of fused-ring (bicyclic) bond motifs is 2. The van der Waals surface area contributed by atoms with Crippen LogP contribution in [0.25, 0.3) is 33.3 Å². The average Bonchev–Trinajstić information content (AvgIpc) is 3.19. The molecule has 0 bridgehead atoms. The Balaban J connectivity index is 1.78. The Morgan fingerprint density at radius 2 is 1.90 bits per heavy atom. The van der Waals surface area contributed by atoms with Crippen LogP contribution in [0.3, 0.4) is 0 Å². The van der Waals surface area contributed by atoms with Crippen molar-refractivity contribution in [3.8, 4) is 17.1 Å². The van der Waals surface area contributed by atoms with E-state index in [1.165, 1.54) is 6.26 Å². The van der Waals surface area contributed by atoms with Gasteiger partial charge in [0.05, 0.1) is 12.0 Å². The molecule has 4 rings (SSSR count). The molecule has 31 heavy (non-hydrogen) atoms. The molecular weight excluding hydrogens is 396 g/mol. The maximum atomic E-state index is 13.3. The molecule has 2 heterocycles. The van der Waals surface area contributed by atoms with Crippen molar-refractivity contribution in [2.45, 2.75) is 39.7 Å². The van der Waals surface area contributed by atoms with Crippen molar-refractivity contribution in [3.63, 3.8) is 0 Å². The second-order valence-corrected chi connectivity index (χ2v) is 7.35. The summed E-state index contributed by atoms with van der Waals surface area (Å²) in [5.74, 6) is 0.534. The summed E-state index contributed by atoms with van der Waals surface area (Å²) < 4.78 is 22.5. The van der Waals surface area contributed by atoms with E-state index in [9.17, 15) is 9.59 Å². The topological polar surface area (TPSA) is 78.9 Å². The summed E-state index contributed by atoms with van der Waals surface area (Å²) in [6.45, 7) is 5.71. The van der Waals surface area contributed by atoms with E-state index in [1.807, 2.05) is 37.3 Å². The van der Waals surface area contributed by atoms with Gasteiger partial charge in [0, 0.05) is 11.5 Å². The number of para-hydroxylation sites is 1. The van der Waals surface area contributed by atoms with Gasteiger partial charge < -0.3 is 18.3 Å². The molecule has 0 aliphatic rings. The molecule has 0 fully saturated rings. The molecule has 6 heteroatoms. The molecule has 0 saturated carbocycles. The number of furan rings is 1. The third kappa shape index (κ3) is 4.06. The van der Waals surface area contributed by atoms with Crippen LogP contribution >= 0.6 is 0 Å². The highest BCUT2D eigenvalue weighted by molar-refractivity contribution is 5.86. The van der Waals surface area contributed by atoms with Crippen molar-refractivity contribution in [2.24, 2.45) is 0 Å². The molecule has 0 aliphatic heterocycles. The minimum atomic E-state index is -0.769. The first kappa shape index (κ1) is 20.7. The smallest absolute Gasteiger partial charge is 0.347 e. The van der Waals surface area contributed by atoms with E-state index in [4.69, 9.17) is 18.3 Å². The van der Waals surface area contributed by atoms with Crippen molar-refractivity contribution in [1.82, 2.24) is 0 Å². The normalized spacial score (nSPS) is 12.2. The Hall–Kier alpha value is -3.54. The van der Waals surface area contributed by atoms with E-state index in [2.05, 4.69) is 0 Å². The SMILES string of the molecule is CCCc1cc2c(=O)c(-c3cc4ccccc4o3)coc2cc1O[C@@H](C)C(=O)OCC. The standard InChI is InChI=1S/C25H24O6/c1-4-8-16-11-18-22(13-21(16)30-15(3)25(27)28-5-2)29-14-19(24(18)26)23-12-17-9-6-7-10-20(17)31-23/h6-7,9-15H,4-5,8H2,1-3H3/t15-/m0/s1. The Bertz CT molecular complexity index is 1260. The summed E-state index contributed by atoms with van der Waals surface area (Å²) in [6, 6.07) is 12.9. The zero-order chi connectivity index (χ0) is 22.0. The van der Waals surface area contributed by atoms with Gasteiger partial charge in [0.1, 0.15) is 34.5 Å². The molecule has 0 spiro atoms. The van der Waals surface area contributed by atoms with Crippen LogP contribution in [-0.2, 0) is 16.0 Å². The van der Waals surface area contributed by atoms with E-state index in [1.54, 1.807) is 26.0 Å². The third-order valence-corrected chi connectivity index (χ3v) is 5.09. The summed E-state index contributed by atoms with van der Waals surface area (Å²) in [4.78, 5) is 25.2. The maximum Gasteiger partial charge on any atom is 0.347 e. The fraction of sp³-hybridized carbons (Fsp3) is 0.280. The first-order valence-electron chi connectivity index (χ1n) is 10.4.